The Morgan fingerprint density at radius 3 is 2.52 bits per heavy atom. The van der Waals surface area contributed by atoms with E-state index in [1.54, 1.807) is 5.32 Å². The van der Waals surface area contributed by atoms with Gasteiger partial charge in [-0.25, -0.2) is 13.6 Å². The molecule has 0 aliphatic carbocycles. The summed E-state index contributed by atoms with van der Waals surface area (Å²) in [5, 5.41) is 1.79. The Labute approximate surface area is 121 Å². The lowest BCUT2D eigenvalue weighted by molar-refractivity contribution is -0.275. The minimum atomic E-state index is -5.03. The fourth-order valence-electron chi connectivity index (χ4n) is 1.75. The molecule has 1 saturated heterocycles. The molecular formula is C11H9ClF5NO3. The van der Waals surface area contributed by atoms with Crippen molar-refractivity contribution >= 4 is 18.5 Å². The molecule has 0 bridgehead atoms. The van der Waals surface area contributed by atoms with Gasteiger partial charge in [0.05, 0.1) is 0 Å². The van der Waals surface area contributed by atoms with E-state index in [-0.39, 0.29) is 12.4 Å². The van der Waals surface area contributed by atoms with E-state index < -0.39 is 42.3 Å². The smallest absolute Gasteiger partial charge is 0.443 e. The molecule has 1 atom stereocenters. The Hall–Kier alpha value is -1.77. The van der Waals surface area contributed by atoms with E-state index in [0.717, 1.165) is 12.1 Å². The van der Waals surface area contributed by atoms with E-state index in [4.69, 9.17) is 0 Å². The van der Waals surface area contributed by atoms with Gasteiger partial charge in [0.15, 0.2) is 6.61 Å². The zero-order chi connectivity index (χ0) is 15.0. The zero-order valence-electron chi connectivity index (χ0n) is 10.1. The van der Waals surface area contributed by atoms with Crippen molar-refractivity contribution in [1.82, 2.24) is 5.32 Å². The van der Waals surface area contributed by atoms with Gasteiger partial charge in [-0.2, -0.15) is 0 Å². The minimum Gasteiger partial charge on any atom is -0.443 e. The number of ether oxygens (including phenoxy) is 2. The van der Waals surface area contributed by atoms with Gasteiger partial charge < -0.3 is 14.8 Å². The van der Waals surface area contributed by atoms with Gasteiger partial charge in [-0.1, -0.05) is 18.2 Å². The van der Waals surface area contributed by atoms with Crippen LogP contribution < -0.4 is 10.1 Å². The Balaban J connectivity index is 0.00000220. The Morgan fingerprint density at radius 2 is 1.90 bits per heavy atom. The maximum absolute atomic E-state index is 13.7. The number of hydrogen-bond acceptors (Lipinski definition) is 3. The summed E-state index contributed by atoms with van der Waals surface area (Å²) in [7, 11) is 0. The van der Waals surface area contributed by atoms with E-state index in [1.165, 1.54) is 12.1 Å². The maximum atomic E-state index is 13.7. The van der Waals surface area contributed by atoms with Crippen LogP contribution in [0.2, 0.25) is 0 Å². The van der Waals surface area contributed by atoms with Gasteiger partial charge in [-0.15, -0.1) is 25.6 Å². The third kappa shape index (κ3) is 4.10. The second kappa shape index (κ2) is 5.92. The lowest BCUT2D eigenvalue weighted by Gasteiger charge is -2.32. The number of nitrogens with one attached hydrogen (secondary N) is 1. The lowest BCUT2D eigenvalue weighted by atomic mass is 9.99. The van der Waals surface area contributed by atoms with E-state index in [0.29, 0.717) is 0 Å². The molecular weight excluding hydrogens is 325 g/mol. The second-order valence-electron chi connectivity index (χ2n) is 4.00. The van der Waals surface area contributed by atoms with Crippen molar-refractivity contribution in [3.05, 3.63) is 29.8 Å². The van der Waals surface area contributed by atoms with E-state index in [2.05, 4.69) is 9.47 Å². The molecule has 118 valence electrons. The highest BCUT2D eigenvalue weighted by Gasteiger charge is 2.48. The molecule has 1 aromatic rings. The highest BCUT2D eigenvalue weighted by Crippen LogP contribution is 2.39. The molecule has 10 heteroatoms. The first-order valence-electron chi connectivity index (χ1n) is 5.35. The van der Waals surface area contributed by atoms with Crippen LogP contribution in [-0.2, 0) is 4.74 Å². The van der Waals surface area contributed by atoms with Crippen LogP contribution >= 0.6 is 12.4 Å². The topological polar surface area (TPSA) is 47.6 Å². The number of para-hydroxylation sites is 1. The van der Waals surface area contributed by atoms with Crippen LogP contribution in [0.4, 0.5) is 26.7 Å². The molecule has 1 aliphatic rings. The van der Waals surface area contributed by atoms with Crippen molar-refractivity contribution in [3.63, 3.8) is 0 Å². The molecule has 1 N–H and O–H groups in total. The molecule has 1 amide bonds. The summed E-state index contributed by atoms with van der Waals surface area (Å²) in [4.78, 5) is 11.0. The summed E-state index contributed by atoms with van der Waals surface area (Å²) in [6, 6.07) is 2.41. The number of alkyl carbamates (subject to hydrolysis) is 1. The van der Waals surface area contributed by atoms with Crippen molar-refractivity contribution in [3.8, 4) is 5.75 Å². The number of amides is 1. The number of hydrogen-bond donors (Lipinski definition) is 1. The third-order valence-electron chi connectivity index (χ3n) is 2.54. The fraction of sp³-hybridized carbons (Fsp3) is 0.364. The molecule has 0 unspecified atom stereocenters. The quantitative estimate of drug-likeness (QED) is 0.844. The van der Waals surface area contributed by atoms with Crippen LogP contribution in [0, 0.1) is 0 Å². The Morgan fingerprint density at radius 1 is 1.29 bits per heavy atom. The summed E-state index contributed by atoms with van der Waals surface area (Å²) in [6.45, 7) is -1.22. The first-order chi connectivity index (χ1) is 9.19. The molecule has 1 heterocycles. The number of rotatable bonds is 2. The Kier molecular flexibility index (Phi) is 4.87. The van der Waals surface area contributed by atoms with Gasteiger partial charge in [0.2, 0.25) is 0 Å². The first-order valence-corrected chi connectivity index (χ1v) is 5.35. The molecule has 0 spiro atoms. The number of alkyl halides is 5. The zero-order valence-corrected chi connectivity index (χ0v) is 10.9. The SMILES string of the molecule is Cl.O=C1N[C@@H](c2ccccc2OC(F)(F)F)C(F)(F)CO1. The summed E-state index contributed by atoms with van der Waals surface area (Å²) in [5.41, 5.74) is -0.480. The van der Waals surface area contributed by atoms with Gasteiger partial charge in [0, 0.05) is 5.56 Å². The van der Waals surface area contributed by atoms with Crippen molar-refractivity contribution < 1.29 is 36.2 Å². The van der Waals surface area contributed by atoms with Crippen molar-refractivity contribution in [2.24, 2.45) is 0 Å². The number of benzene rings is 1. The van der Waals surface area contributed by atoms with E-state index in [9.17, 15) is 26.7 Å². The molecule has 21 heavy (non-hydrogen) atoms. The van der Waals surface area contributed by atoms with Crippen molar-refractivity contribution in [2.75, 3.05) is 6.61 Å². The second-order valence-corrected chi connectivity index (χ2v) is 4.00. The molecule has 2 rings (SSSR count). The molecule has 0 saturated carbocycles. The van der Waals surface area contributed by atoms with Crippen LogP contribution in [0.1, 0.15) is 11.6 Å². The largest absolute Gasteiger partial charge is 0.573 e. The summed E-state index contributed by atoms with van der Waals surface area (Å²) in [5.74, 6) is -4.36. The molecule has 4 nitrogen and oxygen atoms in total. The van der Waals surface area contributed by atoms with Crippen LogP contribution in [0.5, 0.6) is 5.75 Å². The monoisotopic (exact) mass is 333 g/mol. The summed E-state index contributed by atoms with van der Waals surface area (Å²) in [6.07, 6.45) is -6.16. The number of cyclic esters (lactones) is 1. The molecule has 0 aromatic heterocycles. The van der Waals surface area contributed by atoms with Gasteiger partial charge in [-0.05, 0) is 6.07 Å². The Bertz CT molecular complexity index is 523. The van der Waals surface area contributed by atoms with E-state index in [1.807, 2.05) is 0 Å². The molecule has 1 aromatic carbocycles. The van der Waals surface area contributed by atoms with Gasteiger partial charge in [-0.3, -0.25) is 0 Å². The van der Waals surface area contributed by atoms with Crippen molar-refractivity contribution in [2.45, 2.75) is 18.3 Å². The van der Waals surface area contributed by atoms with Gasteiger partial charge in [0.25, 0.3) is 0 Å². The van der Waals surface area contributed by atoms with Crippen LogP contribution in [0.3, 0.4) is 0 Å². The van der Waals surface area contributed by atoms with E-state index >= 15 is 0 Å². The standard InChI is InChI=1S/C11H8F5NO3.ClH/c12-10(13)5-19-9(18)17-8(10)6-3-1-2-4-7(6)20-11(14,15)16;/h1-4,8H,5H2,(H,17,18);1H/t8-;/m0./s1. The van der Waals surface area contributed by atoms with Crippen LogP contribution in [0.25, 0.3) is 0 Å². The number of halogens is 6. The first kappa shape index (κ1) is 17.3. The third-order valence-corrected chi connectivity index (χ3v) is 2.54. The average molecular weight is 334 g/mol. The number of carbonyl (C=O) groups excluding carboxylic acids is 1. The average Bonchev–Trinajstić information content (AvgIpc) is 2.31. The maximum Gasteiger partial charge on any atom is 0.573 e. The molecule has 0 radical (unpaired) electrons. The van der Waals surface area contributed by atoms with Crippen molar-refractivity contribution in [1.29, 1.82) is 0 Å². The lowest BCUT2D eigenvalue weighted by Crippen LogP contribution is -2.49. The van der Waals surface area contributed by atoms with Gasteiger partial charge in [0.1, 0.15) is 11.8 Å². The van der Waals surface area contributed by atoms with Gasteiger partial charge >= 0.3 is 18.4 Å². The van der Waals surface area contributed by atoms with Crippen LogP contribution in [-0.4, -0.2) is 25.0 Å². The fourth-order valence-corrected chi connectivity index (χ4v) is 1.75. The minimum absolute atomic E-state index is 0. The molecule has 1 aliphatic heterocycles. The number of carbonyl (C=O) groups is 1. The normalized spacial score (nSPS) is 20.8. The summed E-state index contributed by atoms with van der Waals surface area (Å²) < 4.78 is 71.8. The molecule has 1 fully saturated rings. The highest BCUT2D eigenvalue weighted by atomic mass is 35.5. The van der Waals surface area contributed by atoms with Crippen LogP contribution in [0.15, 0.2) is 24.3 Å². The summed E-state index contributed by atoms with van der Waals surface area (Å²) >= 11 is 0. The predicted octanol–water partition coefficient (Wildman–Crippen LogP) is 3.42. The highest BCUT2D eigenvalue weighted by molar-refractivity contribution is 5.85. The predicted molar refractivity (Wildman–Crippen MR) is 62.5 cm³/mol.